The molecule has 1 amide bonds. The van der Waals surface area contributed by atoms with E-state index in [1.165, 1.54) is 0 Å². The van der Waals surface area contributed by atoms with E-state index in [-0.39, 0.29) is 18.2 Å². The number of anilines is 1. The minimum absolute atomic E-state index is 0.223. The second-order valence-electron chi connectivity index (χ2n) is 3.27. The molecule has 0 aromatic carbocycles. The van der Waals surface area contributed by atoms with Gasteiger partial charge in [0.15, 0.2) is 5.76 Å². The number of halogens is 1. The van der Waals surface area contributed by atoms with Gasteiger partial charge in [-0.3, -0.25) is 4.79 Å². The molecule has 0 saturated heterocycles. The van der Waals surface area contributed by atoms with Crippen LogP contribution in [0, 0.1) is 0 Å². The summed E-state index contributed by atoms with van der Waals surface area (Å²) in [4.78, 5) is 15.8. The van der Waals surface area contributed by atoms with E-state index in [0.717, 1.165) is 0 Å². The Morgan fingerprint density at radius 3 is 2.94 bits per heavy atom. The van der Waals surface area contributed by atoms with Crippen molar-refractivity contribution < 1.29 is 9.21 Å². The summed E-state index contributed by atoms with van der Waals surface area (Å²) in [6.07, 6.45) is 1.62. The highest BCUT2D eigenvalue weighted by molar-refractivity contribution is 9.10. The third-order valence-corrected chi connectivity index (χ3v) is 2.73. The lowest BCUT2D eigenvalue weighted by molar-refractivity contribution is 0.0995. The first-order valence-corrected chi connectivity index (χ1v) is 5.70. The van der Waals surface area contributed by atoms with Crippen LogP contribution in [0.2, 0.25) is 0 Å². The Kier molecular flexibility index (Phi) is 3.55. The van der Waals surface area contributed by atoms with Crippen LogP contribution in [0.5, 0.6) is 0 Å². The molecule has 2 aromatic rings. The maximum atomic E-state index is 11.8. The van der Waals surface area contributed by atoms with Crippen molar-refractivity contribution in [2.24, 2.45) is 5.73 Å². The van der Waals surface area contributed by atoms with Gasteiger partial charge >= 0.3 is 0 Å². The largest absolute Gasteiger partial charge is 0.455 e. The summed E-state index contributed by atoms with van der Waals surface area (Å²) in [6.45, 7) is 0.268. The minimum Gasteiger partial charge on any atom is -0.455 e. The number of rotatable bonds is 3. The quantitative estimate of drug-likeness (QED) is 0.850. The Morgan fingerprint density at radius 2 is 2.29 bits per heavy atom. The number of pyridine rings is 1. The van der Waals surface area contributed by atoms with Crippen molar-refractivity contribution in [2.45, 2.75) is 6.54 Å². The fourth-order valence-electron chi connectivity index (χ4n) is 1.27. The topological polar surface area (TPSA) is 81.2 Å². The monoisotopic (exact) mass is 295 g/mol. The number of nitrogens with two attached hydrogens (primary N) is 1. The van der Waals surface area contributed by atoms with E-state index in [4.69, 9.17) is 10.2 Å². The van der Waals surface area contributed by atoms with Crippen molar-refractivity contribution in [3.05, 3.63) is 46.6 Å². The number of amides is 1. The normalized spacial score (nSPS) is 10.2. The second-order valence-corrected chi connectivity index (χ2v) is 4.02. The van der Waals surface area contributed by atoms with E-state index < -0.39 is 0 Å². The smallest absolute Gasteiger partial charge is 0.291 e. The van der Waals surface area contributed by atoms with Crippen LogP contribution in [-0.2, 0) is 6.54 Å². The summed E-state index contributed by atoms with van der Waals surface area (Å²) in [5.41, 5.74) is 5.98. The van der Waals surface area contributed by atoms with Crippen molar-refractivity contribution >= 4 is 27.5 Å². The molecule has 0 saturated carbocycles. The standard InChI is InChI=1S/C11H10BrN3O2/c12-10-8(2-1-5-14-10)15-11(16)9-4-3-7(6-13)17-9/h1-5H,6,13H2,(H,15,16). The second kappa shape index (κ2) is 5.11. The Hall–Kier alpha value is -1.66. The van der Waals surface area contributed by atoms with Crippen LogP contribution in [-0.4, -0.2) is 10.9 Å². The maximum absolute atomic E-state index is 11.8. The molecule has 0 spiro atoms. The van der Waals surface area contributed by atoms with Crippen molar-refractivity contribution in [1.82, 2.24) is 4.98 Å². The van der Waals surface area contributed by atoms with Crippen LogP contribution in [0.1, 0.15) is 16.3 Å². The zero-order chi connectivity index (χ0) is 12.3. The molecule has 3 N–H and O–H groups in total. The van der Waals surface area contributed by atoms with Crippen molar-refractivity contribution in [2.75, 3.05) is 5.32 Å². The third kappa shape index (κ3) is 2.72. The van der Waals surface area contributed by atoms with Gasteiger partial charge in [-0.15, -0.1) is 0 Å². The molecule has 2 heterocycles. The minimum atomic E-state index is -0.335. The van der Waals surface area contributed by atoms with Gasteiger partial charge in [-0.1, -0.05) is 0 Å². The van der Waals surface area contributed by atoms with Gasteiger partial charge in [0.1, 0.15) is 10.4 Å². The predicted octanol–water partition coefficient (Wildman–Crippen LogP) is 2.15. The number of hydrogen-bond acceptors (Lipinski definition) is 4. The first kappa shape index (κ1) is 11.8. The van der Waals surface area contributed by atoms with Gasteiger partial charge in [-0.2, -0.15) is 0 Å². The van der Waals surface area contributed by atoms with Crippen LogP contribution in [0.4, 0.5) is 5.69 Å². The fraction of sp³-hybridized carbons (Fsp3) is 0.0909. The van der Waals surface area contributed by atoms with Crippen LogP contribution >= 0.6 is 15.9 Å². The van der Waals surface area contributed by atoms with E-state index >= 15 is 0 Å². The summed E-state index contributed by atoms with van der Waals surface area (Å²) >= 11 is 3.24. The van der Waals surface area contributed by atoms with Gasteiger partial charge < -0.3 is 15.5 Å². The fourth-order valence-corrected chi connectivity index (χ4v) is 1.62. The van der Waals surface area contributed by atoms with Crippen molar-refractivity contribution in [3.63, 3.8) is 0 Å². The maximum Gasteiger partial charge on any atom is 0.291 e. The average Bonchev–Trinajstić information content (AvgIpc) is 2.81. The zero-order valence-corrected chi connectivity index (χ0v) is 10.4. The van der Waals surface area contributed by atoms with Crippen LogP contribution < -0.4 is 11.1 Å². The van der Waals surface area contributed by atoms with E-state index in [9.17, 15) is 4.79 Å². The number of nitrogens with one attached hydrogen (secondary N) is 1. The number of furan rings is 1. The van der Waals surface area contributed by atoms with E-state index in [0.29, 0.717) is 16.1 Å². The molecule has 88 valence electrons. The predicted molar refractivity (Wildman–Crippen MR) is 66.5 cm³/mol. The van der Waals surface area contributed by atoms with Crippen LogP contribution in [0.25, 0.3) is 0 Å². The SMILES string of the molecule is NCc1ccc(C(=O)Nc2cccnc2Br)o1. The summed E-state index contributed by atoms with van der Waals surface area (Å²) in [6, 6.07) is 6.73. The van der Waals surface area contributed by atoms with Crippen molar-refractivity contribution in [3.8, 4) is 0 Å². The third-order valence-electron chi connectivity index (χ3n) is 2.09. The first-order chi connectivity index (χ1) is 8.20. The molecule has 17 heavy (non-hydrogen) atoms. The van der Waals surface area contributed by atoms with Crippen molar-refractivity contribution in [1.29, 1.82) is 0 Å². The Morgan fingerprint density at radius 1 is 1.47 bits per heavy atom. The number of carbonyl (C=O) groups is 1. The summed E-state index contributed by atoms with van der Waals surface area (Å²) < 4.78 is 5.80. The Labute approximate surface area is 106 Å². The molecule has 5 nitrogen and oxygen atoms in total. The number of nitrogens with zero attached hydrogens (tertiary/aromatic N) is 1. The van der Waals surface area contributed by atoms with E-state index in [1.54, 1.807) is 30.5 Å². The van der Waals surface area contributed by atoms with Gasteiger partial charge in [0.05, 0.1) is 12.2 Å². The lowest BCUT2D eigenvalue weighted by Gasteiger charge is -2.04. The first-order valence-electron chi connectivity index (χ1n) is 4.91. The Balaban J connectivity index is 2.14. The molecular formula is C11H10BrN3O2. The highest BCUT2D eigenvalue weighted by Gasteiger charge is 2.12. The van der Waals surface area contributed by atoms with E-state index in [1.807, 2.05) is 0 Å². The molecule has 0 aliphatic carbocycles. The van der Waals surface area contributed by atoms with Gasteiger partial charge in [0, 0.05) is 6.20 Å². The molecule has 0 atom stereocenters. The van der Waals surface area contributed by atoms with Crippen LogP contribution in [0.15, 0.2) is 39.5 Å². The lowest BCUT2D eigenvalue weighted by atomic mass is 10.3. The molecular weight excluding hydrogens is 286 g/mol. The highest BCUT2D eigenvalue weighted by atomic mass is 79.9. The number of carbonyl (C=O) groups excluding carboxylic acids is 1. The van der Waals surface area contributed by atoms with Gasteiger partial charge in [0.25, 0.3) is 5.91 Å². The highest BCUT2D eigenvalue weighted by Crippen LogP contribution is 2.19. The molecule has 2 rings (SSSR count). The molecule has 0 radical (unpaired) electrons. The molecule has 0 fully saturated rings. The van der Waals surface area contributed by atoms with Gasteiger partial charge in [0.2, 0.25) is 0 Å². The summed E-state index contributed by atoms with van der Waals surface area (Å²) in [5, 5.41) is 2.68. The molecule has 6 heteroatoms. The molecule has 0 bridgehead atoms. The average molecular weight is 296 g/mol. The zero-order valence-electron chi connectivity index (χ0n) is 8.81. The summed E-state index contributed by atoms with van der Waals surface area (Å²) in [7, 11) is 0. The summed E-state index contributed by atoms with van der Waals surface area (Å²) in [5.74, 6) is 0.458. The van der Waals surface area contributed by atoms with E-state index in [2.05, 4.69) is 26.2 Å². The van der Waals surface area contributed by atoms with Gasteiger partial charge in [-0.25, -0.2) is 4.98 Å². The lowest BCUT2D eigenvalue weighted by Crippen LogP contribution is -2.11. The Bertz CT molecular complexity index is 539. The van der Waals surface area contributed by atoms with Gasteiger partial charge in [-0.05, 0) is 40.2 Å². The molecule has 0 aliphatic rings. The van der Waals surface area contributed by atoms with Crippen LogP contribution in [0.3, 0.4) is 0 Å². The molecule has 2 aromatic heterocycles. The number of hydrogen-bond donors (Lipinski definition) is 2. The molecule has 0 unspecified atom stereocenters. The molecule has 0 aliphatic heterocycles. The number of aromatic nitrogens is 1.